The molecule has 1 fully saturated rings. The number of nitrogens with two attached hydrogens (primary N) is 1. The van der Waals surface area contributed by atoms with Gasteiger partial charge in [0.25, 0.3) is 0 Å². The summed E-state index contributed by atoms with van der Waals surface area (Å²) in [6.45, 7) is 22.6. The number of carbonyl (C=O) groups is 5. The first-order chi connectivity index (χ1) is 60.3. The van der Waals surface area contributed by atoms with Crippen molar-refractivity contribution in [1.29, 1.82) is 0 Å². The molecule has 1 saturated heterocycles. The van der Waals surface area contributed by atoms with Gasteiger partial charge in [0, 0.05) is 127 Å². The minimum atomic E-state index is -0.120. The van der Waals surface area contributed by atoms with Crippen molar-refractivity contribution in [2.75, 3.05) is 99.7 Å². The molecule has 0 spiro atoms. The molecule has 0 aliphatic carbocycles. The number of hydrogen-bond donors (Lipinski definition) is 1. The summed E-state index contributed by atoms with van der Waals surface area (Å²) in [5, 5.41) is 19.6. The molecule has 7 aromatic carbocycles. The van der Waals surface area contributed by atoms with Crippen molar-refractivity contribution < 1.29 is 57.1 Å². The number of nitrogen functional groups attached to an aromatic ring is 1. The van der Waals surface area contributed by atoms with Gasteiger partial charge in [-0.3, -0.25) is 42.7 Å². The number of amides is 5. The molecule has 4 aliphatic heterocycles. The van der Waals surface area contributed by atoms with Crippen LogP contribution < -0.4 is 43.8 Å². The zero-order valence-corrected chi connectivity index (χ0v) is 74.9. The number of hydrogen-bond acceptors (Lipinski definition) is 19. The summed E-state index contributed by atoms with van der Waals surface area (Å²) in [5.74, 6) is 6.57. The van der Waals surface area contributed by atoms with E-state index in [2.05, 4.69) is 90.7 Å². The number of thiazole rings is 1. The monoisotopic (exact) mass is 1710 g/mol. The quantitative estimate of drug-likeness (QED) is 0.0588. The van der Waals surface area contributed by atoms with Crippen LogP contribution in [0.15, 0.2) is 182 Å². The lowest BCUT2D eigenvalue weighted by atomic mass is 9.99. The molecule has 2 N–H and O–H groups in total. The molecule has 654 valence electrons. The maximum Gasteiger partial charge on any atom is 0.246 e. The molecule has 4 aliphatic rings. The van der Waals surface area contributed by atoms with Crippen LogP contribution >= 0.6 is 11.3 Å². The van der Waals surface area contributed by atoms with E-state index in [0.717, 1.165) is 139 Å². The molecule has 0 atom stereocenters. The molecule has 125 heavy (non-hydrogen) atoms. The molecule has 27 nitrogen and oxygen atoms in total. The summed E-state index contributed by atoms with van der Waals surface area (Å²) in [5.41, 5.74) is 23.9. The Hall–Kier alpha value is -13.2. The number of ether oxygens (including phenoxy) is 7. The van der Waals surface area contributed by atoms with Gasteiger partial charge in [-0.05, 0) is 210 Å². The Bertz CT molecular complexity index is 5700. The summed E-state index contributed by atoms with van der Waals surface area (Å²) in [4.78, 5) is 79.8. The first kappa shape index (κ1) is 89.5. The number of carbonyl (C=O) groups excluding carboxylic acids is 5. The van der Waals surface area contributed by atoms with Crippen molar-refractivity contribution in [3.63, 3.8) is 0 Å². The Balaban J connectivity index is 0.000000143. The Morgan fingerprint density at radius 3 is 1.09 bits per heavy atom. The Morgan fingerprint density at radius 2 is 0.688 bits per heavy atom. The number of piperazine rings is 1. The molecular formula is C97H113N15O12S. The van der Waals surface area contributed by atoms with Crippen molar-refractivity contribution in [1.82, 2.24) is 63.7 Å². The van der Waals surface area contributed by atoms with Crippen LogP contribution in [-0.4, -0.2) is 182 Å². The van der Waals surface area contributed by atoms with Gasteiger partial charge < -0.3 is 63.4 Å². The van der Waals surface area contributed by atoms with Crippen LogP contribution in [0.1, 0.15) is 135 Å². The lowest BCUT2D eigenvalue weighted by Crippen LogP contribution is -2.53. The van der Waals surface area contributed by atoms with Crippen molar-refractivity contribution in [3.8, 4) is 85.3 Å². The van der Waals surface area contributed by atoms with E-state index in [4.69, 9.17) is 59.3 Å². The summed E-state index contributed by atoms with van der Waals surface area (Å²) in [7, 11) is 11.5. The molecule has 0 bridgehead atoms. The fourth-order valence-corrected chi connectivity index (χ4v) is 16.6. The van der Waals surface area contributed by atoms with Gasteiger partial charge in [0.2, 0.25) is 29.5 Å². The number of aromatic nitrogens is 9. The summed E-state index contributed by atoms with van der Waals surface area (Å²) >= 11 is 1.53. The largest absolute Gasteiger partial charge is 0.497 e. The zero-order valence-electron chi connectivity index (χ0n) is 74.1. The molecule has 12 aromatic rings. The third kappa shape index (κ3) is 21.9. The standard InChI is InChI=1S/C26H30N4O4.C25H29N3O3.C24H27N3O3.C22H27N5O2S/c1-18(2)24-15-23(19-8-10-21(33-3)11-9-19)27-30(24)17-25(31)28-12-13-29(26(32)16-28)20-6-5-7-22(14-20)34-4;1-17(2)24-14-23(18-5-8-21(30-3)9-6-18)26-28(24)16-25(29)27-12-11-19-13-22(31-4)10-7-20(19)15-27;1-16(2)23-12-22(17-5-8-20(29-3)9-6-17)25-27(23)15-24(28)26-13-18-7-10-21(30-4)11-19(18)14-26;1-14(2)19-12-18(15-4-6-16(29-3)7-5-15)25-27(19)13-21(28)26-10-8-17-20(9-11-26)30-22(23)24-17/h5-11,14-15,18H,12-13,16-17H2,1-4H3;5-10,13-14,17H,11-12,15-16H2,1-4H3;5-12,16H,13-15H2,1-4H3;4-7,12,14H,8-11,13H2,1-3H3,(H2,23,24). The molecule has 9 heterocycles. The highest BCUT2D eigenvalue weighted by atomic mass is 32.1. The Labute approximate surface area is 735 Å². The second kappa shape index (κ2) is 40.8. The van der Waals surface area contributed by atoms with Crippen LogP contribution in [0.3, 0.4) is 0 Å². The third-order valence-corrected chi connectivity index (χ3v) is 23.9. The number of rotatable bonds is 24. The molecule has 0 saturated carbocycles. The predicted molar refractivity (Wildman–Crippen MR) is 485 cm³/mol. The minimum absolute atomic E-state index is 0.0413. The molecule has 5 aromatic heterocycles. The van der Waals surface area contributed by atoms with E-state index < -0.39 is 0 Å². The smallest absolute Gasteiger partial charge is 0.246 e. The highest BCUT2D eigenvalue weighted by Gasteiger charge is 2.32. The van der Waals surface area contributed by atoms with Crippen LogP contribution in [-0.2, 0) is 89.0 Å². The van der Waals surface area contributed by atoms with Gasteiger partial charge in [0.05, 0.1) is 78.2 Å². The number of fused-ring (bicyclic) bond motifs is 3. The Kier molecular flexibility index (Phi) is 29.2. The van der Waals surface area contributed by atoms with Crippen molar-refractivity contribution in [2.45, 2.75) is 144 Å². The van der Waals surface area contributed by atoms with Gasteiger partial charge in [0.1, 0.15) is 73.0 Å². The summed E-state index contributed by atoms with van der Waals surface area (Å²) in [6, 6.07) is 58.9. The number of nitrogens with zero attached hydrogens (tertiary/aromatic N) is 14. The van der Waals surface area contributed by atoms with Crippen molar-refractivity contribution in [2.24, 2.45) is 0 Å². The summed E-state index contributed by atoms with van der Waals surface area (Å²) in [6.07, 6.45) is 2.40. The van der Waals surface area contributed by atoms with Gasteiger partial charge in [-0.15, -0.1) is 11.3 Å². The summed E-state index contributed by atoms with van der Waals surface area (Å²) < 4.78 is 44.2. The first-order valence-electron chi connectivity index (χ1n) is 42.3. The maximum atomic E-state index is 13.1. The van der Waals surface area contributed by atoms with Crippen molar-refractivity contribution >= 4 is 51.7 Å². The molecule has 0 unspecified atom stereocenters. The maximum absolute atomic E-state index is 13.1. The van der Waals surface area contributed by atoms with E-state index in [1.807, 2.05) is 180 Å². The van der Waals surface area contributed by atoms with E-state index in [1.54, 1.807) is 64.3 Å². The molecule has 28 heteroatoms. The molecular weight excluding hydrogens is 1600 g/mol. The molecule has 16 rings (SSSR count). The van der Waals surface area contributed by atoms with E-state index in [1.165, 1.54) is 32.9 Å². The average molecular weight is 1710 g/mol. The topological polar surface area (TPSA) is 276 Å². The van der Waals surface area contributed by atoms with Crippen LogP contribution in [0, 0.1) is 0 Å². The average Bonchev–Trinajstić information content (AvgIpc) is 1.79. The minimum Gasteiger partial charge on any atom is -0.497 e. The van der Waals surface area contributed by atoms with Crippen LogP contribution in [0.4, 0.5) is 10.8 Å². The van der Waals surface area contributed by atoms with E-state index in [0.29, 0.717) is 63.2 Å². The van der Waals surface area contributed by atoms with Crippen LogP contribution in [0.2, 0.25) is 0 Å². The predicted octanol–water partition coefficient (Wildman–Crippen LogP) is 15.4. The van der Waals surface area contributed by atoms with Gasteiger partial charge in [-0.2, -0.15) is 20.4 Å². The SMILES string of the molecule is COc1ccc(-c2cc(C(C)C)n(CC(=O)N3CCN(c4cccc(OC)c4)C(=O)C3)n2)cc1.COc1ccc(-c2cc(C(C)C)n(CC(=O)N3CCc4cc(OC)ccc4C3)n2)cc1.COc1ccc(-c2cc(C(C)C)n(CC(=O)N3CCc4nc(N)sc4CC3)n2)cc1.COc1ccc(-c2cc(C(C)C)n(CC(=O)N3Cc4ccc(OC)cc4C3)n2)cc1. The van der Waals surface area contributed by atoms with Gasteiger partial charge in [0.15, 0.2) is 5.13 Å². The van der Waals surface area contributed by atoms with E-state index in [-0.39, 0.29) is 85.9 Å². The van der Waals surface area contributed by atoms with E-state index >= 15 is 0 Å². The lowest BCUT2D eigenvalue weighted by molar-refractivity contribution is -0.137. The highest BCUT2D eigenvalue weighted by molar-refractivity contribution is 7.15. The second-order valence-electron chi connectivity index (χ2n) is 32.4. The Morgan fingerprint density at radius 1 is 0.352 bits per heavy atom. The fourth-order valence-electron chi connectivity index (χ4n) is 15.7. The molecule has 5 amide bonds. The van der Waals surface area contributed by atoms with Crippen LogP contribution in [0.5, 0.6) is 40.2 Å². The second-order valence-corrected chi connectivity index (χ2v) is 33.5. The molecule has 0 radical (unpaired) electrons. The van der Waals surface area contributed by atoms with Crippen molar-refractivity contribution in [3.05, 3.63) is 238 Å². The normalized spacial score (nSPS) is 13.5. The highest BCUT2D eigenvalue weighted by Crippen LogP contribution is 2.35. The fraction of sp³-hybridized carbons (Fsp3) is 0.361. The van der Waals surface area contributed by atoms with E-state index in [9.17, 15) is 24.0 Å². The van der Waals surface area contributed by atoms with Gasteiger partial charge in [-0.1, -0.05) is 73.6 Å². The van der Waals surface area contributed by atoms with Gasteiger partial charge >= 0.3 is 0 Å². The lowest BCUT2D eigenvalue weighted by Gasteiger charge is -2.34. The van der Waals surface area contributed by atoms with Crippen LogP contribution in [0.25, 0.3) is 45.0 Å². The van der Waals surface area contributed by atoms with Gasteiger partial charge in [-0.25, -0.2) is 4.98 Å². The number of anilines is 2. The first-order valence-corrected chi connectivity index (χ1v) is 43.1. The zero-order chi connectivity index (χ0) is 88.7. The third-order valence-electron chi connectivity index (χ3n) is 22.9. The number of benzene rings is 7. The number of methoxy groups -OCH3 is 7.